The number of hydrogen-bond donors (Lipinski definition) is 1. The Bertz CT molecular complexity index is 268. The Morgan fingerprint density at radius 1 is 1.42 bits per heavy atom. The summed E-state index contributed by atoms with van der Waals surface area (Å²) in [6.07, 6.45) is 2.74. The number of aliphatic imine (C=N–C) groups is 1. The Hall–Kier alpha value is -1.31. The van der Waals surface area contributed by atoms with E-state index in [1.807, 2.05) is 12.1 Å². The van der Waals surface area contributed by atoms with Crippen LogP contribution in [0.5, 0.6) is 5.75 Å². The van der Waals surface area contributed by atoms with E-state index in [1.54, 1.807) is 18.3 Å². The first kappa shape index (κ1) is 8.78. The zero-order valence-electron chi connectivity index (χ0n) is 7.20. The minimum atomic E-state index is 0.289. The third-order valence-electron chi connectivity index (χ3n) is 1.52. The van der Waals surface area contributed by atoms with E-state index in [1.165, 1.54) is 0 Å². The number of nitrogens with zero attached hydrogens (tertiary/aromatic N) is 1. The lowest BCUT2D eigenvalue weighted by atomic mass is 10.2. The Labute approximate surface area is 72.6 Å². The standard InChI is InChI=1S/C10H13NO/c1-2-7-11-8-9-5-3-4-6-10(9)12/h3-6,8,12H,2,7H2,1H3. The van der Waals surface area contributed by atoms with Crippen molar-refractivity contribution in [2.45, 2.75) is 13.3 Å². The van der Waals surface area contributed by atoms with Gasteiger partial charge in [-0.25, -0.2) is 0 Å². The van der Waals surface area contributed by atoms with Crippen LogP contribution < -0.4 is 0 Å². The second-order valence-electron chi connectivity index (χ2n) is 2.59. The molecule has 64 valence electrons. The van der Waals surface area contributed by atoms with E-state index in [9.17, 15) is 5.11 Å². The lowest BCUT2D eigenvalue weighted by Gasteiger charge is -1.95. The Balaban J connectivity index is 2.68. The van der Waals surface area contributed by atoms with E-state index in [2.05, 4.69) is 11.9 Å². The molecule has 1 aromatic carbocycles. The van der Waals surface area contributed by atoms with Crippen molar-refractivity contribution in [3.05, 3.63) is 29.8 Å². The fraction of sp³-hybridized carbons (Fsp3) is 0.300. The van der Waals surface area contributed by atoms with Gasteiger partial charge in [0.15, 0.2) is 0 Å². The molecule has 0 amide bonds. The van der Waals surface area contributed by atoms with Gasteiger partial charge in [-0.2, -0.15) is 0 Å². The van der Waals surface area contributed by atoms with Crippen molar-refractivity contribution in [3.63, 3.8) is 0 Å². The van der Waals surface area contributed by atoms with Crippen molar-refractivity contribution >= 4 is 6.21 Å². The van der Waals surface area contributed by atoms with E-state index in [0.29, 0.717) is 0 Å². The van der Waals surface area contributed by atoms with Crippen molar-refractivity contribution in [1.29, 1.82) is 0 Å². The summed E-state index contributed by atoms with van der Waals surface area (Å²) < 4.78 is 0. The van der Waals surface area contributed by atoms with Crippen LogP contribution in [0.1, 0.15) is 18.9 Å². The first-order valence-electron chi connectivity index (χ1n) is 4.12. The minimum absolute atomic E-state index is 0.289. The maximum absolute atomic E-state index is 9.32. The second-order valence-corrected chi connectivity index (χ2v) is 2.59. The minimum Gasteiger partial charge on any atom is -0.507 e. The van der Waals surface area contributed by atoms with Crippen LogP contribution in [0.15, 0.2) is 29.3 Å². The largest absolute Gasteiger partial charge is 0.507 e. The van der Waals surface area contributed by atoms with Crippen molar-refractivity contribution in [2.24, 2.45) is 4.99 Å². The SMILES string of the molecule is CCCN=Cc1ccccc1O. The van der Waals surface area contributed by atoms with Crippen LogP contribution in [0, 0.1) is 0 Å². The lowest BCUT2D eigenvalue weighted by molar-refractivity contribution is 0.474. The third-order valence-corrected chi connectivity index (χ3v) is 1.52. The van der Waals surface area contributed by atoms with Crippen LogP contribution in [-0.2, 0) is 0 Å². The summed E-state index contributed by atoms with van der Waals surface area (Å²) >= 11 is 0. The van der Waals surface area contributed by atoms with Gasteiger partial charge in [0.05, 0.1) is 0 Å². The zero-order valence-corrected chi connectivity index (χ0v) is 7.20. The van der Waals surface area contributed by atoms with Crippen molar-refractivity contribution in [3.8, 4) is 5.75 Å². The van der Waals surface area contributed by atoms with Crippen LogP contribution >= 0.6 is 0 Å². The first-order valence-corrected chi connectivity index (χ1v) is 4.12. The van der Waals surface area contributed by atoms with Gasteiger partial charge in [-0.15, -0.1) is 0 Å². The van der Waals surface area contributed by atoms with E-state index in [4.69, 9.17) is 0 Å². The smallest absolute Gasteiger partial charge is 0.124 e. The normalized spacial score (nSPS) is 10.8. The Morgan fingerprint density at radius 2 is 2.17 bits per heavy atom. The van der Waals surface area contributed by atoms with Crippen LogP contribution in [0.25, 0.3) is 0 Å². The number of benzene rings is 1. The van der Waals surface area contributed by atoms with Crippen LogP contribution in [-0.4, -0.2) is 17.9 Å². The predicted molar refractivity (Wildman–Crippen MR) is 50.9 cm³/mol. The third kappa shape index (κ3) is 2.38. The highest BCUT2D eigenvalue weighted by Crippen LogP contribution is 2.12. The predicted octanol–water partition coefficient (Wildman–Crippen LogP) is 2.22. The average Bonchev–Trinajstić information content (AvgIpc) is 2.09. The molecule has 0 bridgehead atoms. The van der Waals surface area contributed by atoms with E-state index in [-0.39, 0.29) is 5.75 Å². The molecule has 0 saturated carbocycles. The van der Waals surface area contributed by atoms with E-state index in [0.717, 1.165) is 18.5 Å². The fourth-order valence-corrected chi connectivity index (χ4v) is 0.889. The number of phenolic OH excluding ortho intramolecular Hbond substituents is 1. The number of phenols is 1. The number of hydrogen-bond acceptors (Lipinski definition) is 2. The molecule has 0 aromatic heterocycles. The van der Waals surface area contributed by atoms with Gasteiger partial charge < -0.3 is 5.11 Å². The molecule has 1 rings (SSSR count). The molecule has 0 aliphatic heterocycles. The van der Waals surface area contributed by atoms with Gasteiger partial charge in [0.1, 0.15) is 5.75 Å². The van der Waals surface area contributed by atoms with Crippen LogP contribution in [0.3, 0.4) is 0 Å². The average molecular weight is 163 g/mol. The van der Waals surface area contributed by atoms with Gasteiger partial charge >= 0.3 is 0 Å². The van der Waals surface area contributed by atoms with Gasteiger partial charge in [-0.1, -0.05) is 19.1 Å². The summed E-state index contributed by atoms with van der Waals surface area (Å²) in [6.45, 7) is 2.89. The summed E-state index contributed by atoms with van der Waals surface area (Å²) in [4.78, 5) is 4.14. The highest BCUT2D eigenvalue weighted by Gasteiger charge is 1.92. The summed E-state index contributed by atoms with van der Waals surface area (Å²) in [5.74, 6) is 0.289. The maximum Gasteiger partial charge on any atom is 0.124 e. The molecule has 0 atom stereocenters. The van der Waals surface area contributed by atoms with Gasteiger partial charge in [-0.3, -0.25) is 4.99 Å². The first-order chi connectivity index (χ1) is 5.84. The maximum atomic E-state index is 9.32. The number of rotatable bonds is 3. The zero-order chi connectivity index (χ0) is 8.81. The van der Waals surface area contributed by atoms with Gasteiger partial charge in [0.2, 0.25) is 0 Å². The second kappa shape index (κ2) is 4.54. The van der Waals surface area contributed by atoms with Crippen molar-refractivity contribution < 1.29 is 5.11 Å². The summed E-state index contributed by atoms with van der Waals surface area (Å²) in [5, 5.41) is 9.32. The van der Waals surface area contributed by atoms with Crippen molar-refractivity contribution in [2.75, 3.05) is 6.54 Å². The molecular formula is C10H13NO. The Morgan fingerprint density at radius 3 is 2.83 bits per heavy atom. The highest BCUT2D eigenvalue weighted by atomic mass is 16.3. The molecule has 2 heteroatoms. The molecule has 0 aliphatic carbocycles. The van der Waals surface area contributed by atoms with Crippen molar-refractivity contribution in [1.82, 2.24) is 0 Å². The quantitative estimate of drug-likeness (QED) is 0.681. The molecule has 0 aliphatic rings. The van der Waals surface area contributed by atoms with Gasteiger partial charge in [0, 0.05) is 18.3 Å². The molecule has 0 saturated heterocycles. The van der Waals surface area contributed by atoms with E-state index < -0.39 is 0 Å². The fourth-order valence-electron chi connectivity index (χ4n) is 0.889. The molecule has 0 fully saturated rings. The highest BCUT2D eigenvalue weighted by molar-refractivity contribution is 5.83. The molecule has 0 unspecified atom stereocenters. The van der Waals surface area contributed by atoms with E-state index >= 15 is 0 Å². The molecule has 0 radical (unpaired) electrons. The monoisotopic (exact) mass is 163 g/mol. The molecular weight excluding hydrogens is 150 g/mol. The summed E-state index contributed by atoms with van der Waals surface area (Å²) in [5.41, 5.74) is 0.783. The summed E-state index contributed by atoms with van der Waals surface area (Å²) in [7, 11) is 0. The Kier molecular flexibility index (Phi) is 3.33. The lowest BCUT2D eigenvalue weighted by Crippen LogP contribution is -1.83. The topological polar surface area (TPSA) is 32.6 Å². The van der Waals surface area contributed by atoms with Crippen LogP contribution in [0.4, 0.5) is 0 Å². The molecule has 1 aromatic rings. The molecule has 1 N–H and O–H groups in total. The number of para-hydroxylation sites is 1. The number of aromatic hydroxyl groups is 1. The summed E-state index contributed by atoms with van der Waals surface area (Å²) in [6, 6.07) is 7.18. The van der Waals surface area contributed by atoms with Gasteiger partial charge in [-0.05, 0) is 18.6 Å². The van der Waals surface area contributed by atoms with Gasteiger partial charge in [0.25, 0.3) is 0 Å². The molecule has 2 nitrogen and oxygen atoms in total. The molecule has 0 spiro atoms. The molecule has 12 heavy (non-hydrogen) atoms. The van der Waals surface area contributed by atoms with Crippen LogP contribution in [0.2, 0.25) is 0 Å². The molecule has 0 heterocycles.